The van der Waals surface area contributed by atoms with Crippen molar-refractivity contribution in [2.24, 2.45) is 0 Å². The number of amides is 1. The quantitative estimate of drug-likeness (QED) is 0.583. The molecule has 1 amide bonds. The third-order valence-corrected chi connectivity index (χ3v) is 5.62. The van der Waals surface area contributed by atoms with Gasteiger partial charge < -0.3 is 10.1 Å². The molecule has 1 aliphatic rings. The predicted molar refractivity (Wildman–Crippen MR) is 120 cm³/mol. The van der Waals surface area contributed by atoms with Crippen LogP contribution >= 0.6 is 0 Å². The van der Waals surface area contributed by atoms with Gasteiger partial charge >= 0.3 is 0 Å². The minimum absolute atomic E-state index is 0.101. The van der Waals surface area contributed by atoms with E-state index < -0.39 is 0 Å². The first-order valence-electron chi connectivity index (χ1n) is 11.0. The molecule has 1 aromatic heterocycles. The van der Waals surface area contributed by atoms with Crippen LogP contribution in [0.3, 0.4) is 0 Å². The Bertz CT molecular complexity index is 1120. The highest BCUT2D eigenvalue weighted by Gasteiger charge is 2.16. The van der Waals surface area contributed by atoms with E-state index in [1.54, 1.807) is 36.4 Å². The number of nitrogens with one attached hydrogen (secondary N) is 1. The molecule has 2 aromatic carbocycles. The molecular weight excluding hydrogens is 409 g/mol. The van der Waals surface area contributed by atoms with Gasteiger partial charge in [0.15, 0.2) is 0 Å². The molecule has 0 unspecified atom stereocenters. The summed E-state index contributed by atoms with van der Waals surface area (Å²) in [4.78, 5) is 24.9. The molecule has 1 N–H and O–H groups in total. The highest BCUT2D eigenvalue weighted by molar-refractivity contribution is 5.94. The molecule has 0 atom stereocenters. The molecule has 1 aliphatic carbocycles. The van der Waals surface area contributed by atoms with E-state index in [-0.39, 0.29) is 35.8 Å². The van der Waals surface area contributed by atoms with Crippen LogP contribution < -0.4 is 15.6 Å². The predicted octanol–water partition coefficient (Wildman–Crippen LogP) is 4.40. The lowest BCUT2D eigenvalue weighted by molar-refractivity contribution is 0.0933. The molecule has 1 saturated carbocycles. The summed E-state index contributed by atoms with van der Waals surface area (Å²) in [6, 6.07) is 15.9. The molecule has 0 bridgehead atoms. The lowest BCUT2D eigenvalue weighted by atomic mass is 10.1. The zero-order valence-electron chi connectivity index (χ0n) is 17.8. The Balaban J connectivity index is 1.44. The van der Waals surface area contributed by atoms with Crippen LogP contribution in [0.15, 0.2) is 65.5 Å². The minimum atomic E-state index is -0.341. The summed E-state index contributed by atoms with van der Waals surface area (Å²) in [5.74, 6) is -0.202. The number of carbonyl (C=O) groups excluding carboxylic acids is 1. The van der Waals surface area contributed by atoms with Gasteiger partial charge in [-0.2, -0.15) is 4.68 Å². The maximum Gasteiger partial charge on any atom is 0.271 e. The fourth-order valence-electron chi connectivity index (χ4n) is 3.89. The first kappa shape index (κ1) is 21.7. The van der Waals surface area contributed by atoms with E-state index in [9.17, 15) is 14.0 Å². The van der Waals surface area contributed by atoms with Crippen molar-refractivity contribution < 1.29 is 13.9 Å². The van der Waals surface area contributed by atoms with E-state index in [1.807, 2.05) is 0 Å². The zero-order valence-corrected chi connectivity index (χ0v) is 17.8. The van der Waals surface area contributed by atoms with E-state index in [0.717, 1.165) is 25.7 Å². The Morgan fingerprint density at radius 1 is 1.03 bits per heavy atom. The molecule has 3 aromatic rings. The first-order chi connectivity index (χ1) is 15.6. The van der Waals surface area contributed by atoms with Crippen molar-refractivity contribution in [2.45, 2.75) is 51.2 Å². The summed E-state index contributed by atoms with van der Waals surface area (Å²) in [6.45, 7) is 0.128. The SMILES string of the molecule is O=C(NC1CCCCCC1)c1ccc(-n2nc(OCc3cccc(F)c3)ccc2=O)cc1. The van der Waals surface area contributed by atoms with Crippen LogP contribution in [0, 0.1) is 5.82 Å². The average molecular weight is 435 g/mol. The molecule has 7 heteroatoms. The lowest BCUT2D eigenvalue weighted by Gasteiger charge is -2.16. The standard InChI is InChI=1S/C25H26FN3O3/c26-20-7-5-6-18(16-20)17-32-23-14-15-24(30)29(28-23)22-12-10-19(11-13-22)25(31)27-21-8-3-1-2-4-9-21/h5-7,10-16,21H,1-4,8-9,17H2,(H,27,31). The van der Waals surface area contributed by atoms with Gasteiger partial charge in [0.25, 0.3) is 11.5 Å². The number of hydrogen-bond acceptors (Lipinski definition) is 4. The van der Waals surface area contributed by atoms with Crippen molar-refractivity contribution in [3.8, 4) is 11.6 Å². The van der Waals surface area contributed by atoms with Crippen LogP contribution in [-0.2, 0) is 6.61 Å². The molecule has 1 heterocycles. The minimum Gasteiger partial charge on any atom is -0.472 e. The normalized spacial score (nSPS) is 14.5. The third-order valence-electron chi connectivity index (χ3n) is 5.62. The number of ether oxygens (including phenoxy) is 1. The number of hydrogen-bond donors (Lipinski definition) is 1. The molecule has 4 rings (SSSR count). The van der Waals surface area contributed by atoms with Crippen molar-refractivity contribution in [3.05, 3.63) is 88.0 Å². The second-order valence-electron chi connectivity index (χ2n) is 8.05. The molecule has 0 radical (unpaired) electrons. The Kier molecular flexibility index (Phi) is 6.94. The molecule has 166 valence electrons. The number of nitrogens with zero attached hydrogens (tertiary/aromatic N) is 2. The number of benzene rings is 2. The summed E-state index contributed by atoms with van der Waals surface area (Å²) in [6.07, 6.45) is 6.80. The lowest BCUT2D eigenvalue weighted by Crippen LogP contribution is -2.34. The van der Waals surface area contributed by atoms with E-state index >= 15 is 0 Å². The molecular formula is C25H26FN3O3. The van der Waals surface area contributed by atoms with Crippen LogP contribution in [0.5, 0.6) is 5.88 Å². The summed E-state index contributed by atoms with van der Waals surface area (Å²) < 4.78 is 20.2. The summed E-state index contributed by atoms with van der Waals surface area (Å²) >= 11 is 0. The van der Waals surface area contributed by atoms with Crippen molar-refractivity contribution in [1.82, 2.24) is 15.1 Å². The Morgan fingerprint density at radius 3 is 2.50 bits per heavy atom. The maximum absolute atomic E-state index is 13.3. The van der Waals surface area contributed by atoms with Crippen LogP contribution in [-0.4, -0.2) is 21.7 Å². The van der Waals surface area contributed by atoms with E-state index in [1.165, 1.54) is 41.8 Å². The van der Waals surface area contributed by atoms with Gasteiger partial charge in [-0.3, -0.25) is 9.59 Å². The molecule has 0 aliphatic heterocycles. The molecule has 0 saturated heterocycles. The highest BCUT2D eigenvalue weighted by Crippen LogP contribution is 2.18. The van der Waals surface area contributed by atoms with Gasteiger partial charge in [0.05, 0.1) is 5.69 Å². The smallest absolute Gasteiger partial charge is 0.271 e. The molecule has 1 fully saturated rings. The van der Waals surface area contributed by atoms with Crippen molar-refractivity contribution >= 4 is 5.91 Å². The van der Waals surface area contributed by atoms with Gasteiger partial charge in [0.1, 0.15) is 12.4 Å². The first-order valence-corrected chi connectivity index (χ1v) is 11.0. The van der Waals surface area contributed by atoms with E-state index in [4.69, 9.17) is 4.74 Å². The fraction of sp³-hybridized carbons (Fsp3) is 0.320. The summed E-state index contributed by atoms with van der Waals surface area (Å²) in [7, 11) is 0. The van der Waals surface area contributed by atoms with Gasteiger partial charge in [0.2, 0.25) is 5.88 Å². The van der Waals surface area contributed by atoms with Gasteiger partial charge in [-0.15, -0.1) is 5.10 Å². The second-order valence-corrected chi connectivity index (χ2v) is 8.05. The van der Waals surface area contributed by atoms with Crippen LogP contribution in [0.25, 0.3) is 5.69 Å². The van der Waals surface area contributed by atoms with Crippen molar-refractivity contribution in [2.75, 3.05) is 0 Å². The van der Waals surface area contributed by atoms with Gasteiger partial charge in [-0.05, 0) is 54.8 Å². The molecule has 0 spiro atoms. The second kappa shape index (κ2) is 10.2. The number of rotatable bonds is 6. The van der Waals surface area contributed by atoms with Gasteiger partial charge in [-0.25, -0.2) is 4.39 Å². The van der Waals surface area contributed by atoms with Gasteiger partial charge in [0, 0.05) is 23.7 Å². The number of carbonyl (C=O) groups is 1. The van der Waals surface area contributed by atoms with Crippen LogP contribution in [0.2, 0.25) is 0 Å². The summed E-state index contributed by atoms with van der Waals surface area (Å²) in [5, 5.41) is 7.37. The average Bonchev–Trinajstić information content (AvgIpc) is 3.07. The fourth-order valence-corrected chi connectivity index (χ4v) is 3.89. The molecule has 32 heavy (non-hydrogen) atoms. The van der Waals surface area contributed by atoms with Gasteiger partial charge in [-0.1, -0.05) is 37.8 Å². The summed E-state index contributed by atoms with van der Waals surface area (Å²) in [5.41, 5.74) is 1.41. The number of halogens is 1. The van der Waals surface area contributed by atoms with Crippen LogP contribution in [0.1, 0.15) is 54.4 Å². The van der Waals surface area contributed by atoms with Crippen LogP contribution in [0.4, 0.5) is 4.39 Å². The third kappa shape index (κ3) is 5.60. The number of aromatic nitrogens is 2. The van der Waals surface area contributed by atoms with E-state index in [2.05, 4.69) is 10.4 Å². The van der Waals surface area contributed by atoms with E-state index in [0.29, 0.717) is 16.8 Å². The Morgan fingerprint density at radius 2 is 1.78 bits per heavy atom. The largest absolute Gasteiger partial charge is 0.472 e. The monoisotopic (exact) mass is 435 g/mol. The zero-order chi connectivity index (χ0) is 22.3. The van der Waals surface area contributed by atoms with Crippen molar-refractivity contribution in [3.63, 3.8) is 0 Å². The Labute approximate surface area is 186 Å². The topological polar surface area (TPSA) is 73.2 Å². The highest BCUT2D eigenvalue weighted by atomic mass is 19.1. The Hall–Kier alpha value is -3.48. The molecule has 6 nitrogen and oxygen atoms in total. The maximum atomic E-state index is 13.3. The van der Waals surface area contributed by atoms with Crippen molar-refractivity contribution in [1.29, 1.82) is 0 Å².